The topological polar surface area (TPSA) is 80.8 Å². The SMILES string of the molecule is COC(=O)C(CF)(CC(=O)Cl)N1C(=O)c2ccccc2C1=O. The molecule has 6 nitrogen and oxygen atoms in total. The normalized spacial score (nSPS) is 16.2. The number of alkyl halides is 1. The summed E-state index contributed by atoms with van der Waals surface area (Å²) in [5.74, 6) is -2.97. The summed E-state index contributed by atoms with van der Waals surface area (Å²) in [7, 11) is 0.962. The standard InChI is InChI=1S/C14H11ClFNO5/c1-22-13(21)14(7-16,6-10(15)18)17-11(19)8-4-2-3-5-9(8)12(17)20/h2-5H,6-7H2,1H3. The molecule has 116 valence electrons. The van der Waals surface area contributed by atoms with Crippen LogP contribution < -0.4 is 0 Å². The Morgan fingerprint density at radius 2 is 1.73 bits per heavy atom. The van der Waals surface area contributed by atoms with Crippen molar-refractivity contribution in [1.29, 1.82) is 0 Å². The van der Waals surface area contributed by atoms with Crippen molar-refractivity contribution in [3.63, 3.8) is 0 Å². The Hall–Kier alpha value is -2.28. The Morgan fingerprint density at radius 1 is 1.23 bits per heavy atom. The summed E-state index contributed by atoms with van der Waals surface area (Å²) in [6.07, 6.45) is -0.872. The number of imide groups is 1. The van der Waals surface area contributed by atoms with Gasteiger partial charge in [-0.1, -0.05) is 12.1 Å². The quantitative estimate of drug-likeness (QED) is 0.463. The van der Waals surface area contributed by atoms with Crippen molar-refractivity contribution in [2.75, 3.05) is 13.8 Å². The lowest BCUT2D eigenvalue weighted by atomic mass is 9.95. The number of rotatable bonds is 5. The number of benzene rings is 1. The summed E-state index contributed by atoms with van der Waals surface area (Å²) in [5, 5.41) is -1.07. The van der Waals surface area contributed by atoms with Crippen molar-refractivity contribution < 1.29 is 28.3 Å². The number of hydrogen-bond donors (Lipinski definition) is 0. The van der Waals surface area contributed by atoms with Crippen LogP contribution in [0.25, 0.3) is 0 Å². The lowest BCUT2D eigenvalue weighted by molar-refractivity contribution is -0.154. The number of methoxy groups -OCH3 is 1. The van der Waals surface area contributed by atoms with Gasteiger partial charge in [0.25, 0.3) is 11.8 Å². The van der Waals surface area contributed by atoms with E-state index in [1.807, 2.05) is 0 Å². The van der Waals surface area contributed by atoms with Gasteiger partial charge in [0.05, 0.1) is 24.7 Å². The summed E-state index contributed by atoms with van der Waals surface area (Å²) < 4.78 is 18.2. The molecule has 0 aliphatic carbocycles. The van der Waals surface area contributed by atoms with E-state index < -0.39 is 41.7 Å². The molecular formula is C14H11ClFNO5. The van der Waals surface area contributed by atoms with Crippen LogP contribution in [-0.2, 0) is 14.3 Å². The number of fused-ring (bicyclic) bond motifs is 1. The molecule has 1 heterocycles. The summed E-state index contributed by atoms with van der Waals surface area (Å²) in [5.41, 5.74) is -2.35. The number of amides is 2. The predicted octanol–water partition coefficient (Wildman–Crippen LogP) is 1.32. The van der Waals surface area contributed by atoms with Crippen molar-refractivity contribution in [3.05, 3.63) is 35.4 Å². The van der Waals surface area contributed by atoms with Gasteiger partial charge in [-0.3, -0.25) is 19.3 Å². The molecule has 8 heteroatoms. The first-order valence-corrected chi connectivity index (χ1v) is 6.57. The lowest BCUT2D eigenvalue weighted by Gasteiger charge is -2.34. The molecule has 1 unspecified atom stereocenters. The second-order valence-corrected chi connectivity index (χ2v) is 5.10. The molecule has 0 N–H and O–H groups in total. The fraction of sp³-hybridized carbons (Fsp3) is 0.286. The number of hydrogen-bond acceptors (Lipinski definition) is 5. The molecule has 1 aromatic rings. The first-order chi connectivity index (χ1) is 10.4. The highest BCUT2D eigenvalue weighted by molar-refractivity contribution is 6.63. The minimum absolute atomic E-state index is 0.0243. The Balaban J connectivity index is 2.59. The van der Waals surface area contributed by atoms with Crippen molar-refractivity contribution >= 4 is 34.6 Å². The van der Waals surface area contributed by atoms with E-state index in [-0.39, 0.29) is 11.1 Å². The molecule has 1 atom stereocenters. The number of esters is 1. The minimum atomic E-state index is -2.40. The van der Waals surface area contributed by atoms with E-state index in [0.29, 0.717) is 4.90 Å². The van der Waals surface area contributed by atoms with Crippen LogP contribution >= 0.6 is 11.6 Å². The fourth-order valence-electron chi connectivity index (χ4n) is 2.40. The maximum absolute atomic E-state index is 13.7. The molecular weight excluding hydrogens is 317 g/mol. The highest BCUT2D eigenvalue weighted by Gasteiger charge is 2.55. The number of carbonyl (C=O) groups is 4. The van der Waals surface area contributed by atoms with E-state index in [4.69, 9.17) is 11.6 Å². The highest BCUT2D eigenvalue weighted by Crippen LogP contribution is 2.33. The third-order valence-electron chi connectivity index (χ3n) is 3.44. The van der Waals surface area contributed by atoms with Gasteiger partial charge in [0, 0.05) is 0 Å². The van der Waals surface area contributed by atoms with E-state index in [9.17, 15) is 23.6 Å². The summed E-state index contributed by atoms with van der Waals surface area (Å²) in [6, 6.07) is 5.79. The number of nitrogens with zero attached hydrogens (tertiary/aromatic N) is 1. The summed E-state index contributed by atoms with van der Waals surface area (Å²) >= 11 is 5.26. The number of ether oxygens (including phenoxy) is 1. The molecule has 0 spiro atoms. The predicted molar refractivity (Wildman–Crippen MR) is 73.1 cm³/mol. The van der Waals surface area contributed by atoms with Crippen molar-refractivity contribution in [2.24, 2.45) is 0 Å². The van der Waals surface area contributed by atoms with Crippen molar-refractivity contribution in [1.82, 2.24) is 4.90 Å². The lowest BCUT2D eigenvalue weighted by Crippen LogP contribution is -2.60. The van der Waals surface area contributed by atoms with Gasteiger partial charge in [-0.25, -0.2) is 9.18 Å². The van der Waals surface area contributed by atoms with Gasteiger partial charge >= 0.3 is 5.97 Å². The van der Waals surface area contributed by atoms with Crippen LogP contribution in [0.1, 0.15) is 27.1 Å². The van der Waals surface area contributed by atoms with E-state index in [1.165, 1.54) is 24.3 Å². The van der Waals surface area contributed by atoms with Crippen molar-refractivity contribution in [2.45, 2.75) is 12.0 Å². The van der Waals surface area contributed by atoms with Gasteiger partial charge in [-0.15, -0.1) is 0 Å². The maximum atomic E-state index is 13.7. The van der Waals surface area contributed by atoms with Gasteiger partial charge in [-0.2, -0.15) is 0 Å². The molecule has 0 aromatic heterocycles. The molecule has 2 rings (SSSR count). The molecule has 0 radical (unpaired) electrons. The molecule has 2 amide bonds. The second kappa shape index (κ2) is 5.84. The molecule has 22 heavy (non-hydrogen) atoms. The first kappa shape index (κ1) is 16.1. The zero-order valence-electron chi connectivity index (χ0n) is 11.5. The van der Waals surface area contributed by atoms with Crippen LogP contribution in [0.5, 0.6) is 0 Å². The van der Waals surface area contributed by atoms with Gasteiger partial charge < -0.3 is 4.74 Å². The second-order valence-electron chi connectivity index (χ2n) is 4.68. The van der Waals surface area contributed by atoms with Gasteiger partial charge in [0.15, 0.2) is 5.54 Å². The average Bonchev–Trinajstić information content (AvgIpc) is 2.76. The third kappa shape index (κ3) is 2.27. The van der Waals surface area contributed by atoms with E-state index >= 15 is 0 Å². The van der Waals surface area contributed by atoms with Gasteiger partial charge in [-0.05, 0) is 23.7 Å². The fourth-order valence-corrected chi connectivity index (χ4v) is 2.62. The van der Waals surface area contributed by atoms with Crippen LogP contribution in [0.15, 0.2) is 24.3 Å². The van der Waals surface area contributed by atoms with Crippen LogP contribution in [0.4, 0.5) is 4.39 Å². The molecule has 1 aromatic carbocycles. The Bertz CT molecular complexity index is 642. The largest absolute Gasteiger partial charge is 0.467 e. The average molecular weight is 328 g/mol. The van der Waals surface area contributed by atoms with Crippen LogP contribution in [-0.4, -0.2) is 47.2 Å². The number of halogens is 2. The molecule has 0 fully saturated rings. The molecule has 0 bridgehead atoms. The molecule has 0 saturated carbocycles. The van der Waals surface area contributed by atoms with Gasteiger partial charge in [0.1, 0.15) is 6.67 Å². The van der Waals surface area contributed by atoms with E-state index in [0.717, 1.165) is 7.11 Å². The van der Waals surface area contributed by atoms with Crippen LogP contribution in [0.2, 0.25) is 0 Å². The Morgan fingerprint density at radius 3 is 2.09 bits per heavy atom. The molecule has 0 saturated heterocycles. The third-order valence-corrected chi connectivity index (χ3v) is 3.57. The van der Waals surface area contributed by atoms with Crippen LogP contribution in [0, 0.1) is 0 Å². The van der Waals surface area contributed by atoms with E-state index in [1.54, 1.807) is 0 Å². The molecule has 1 aliphatic rings. The molecule has 1 aliphatic heterocycles. The smallest absolute Gasteiger partial charge is 0.335 e. The minimum Gasteiger partial charge on any atom is -0.467 e. The summed E-state index contributed by atoms with van der Waals surface area (Å²) in [4.78, 5) is 48.4. The summed E-state index contributed by atoms with van der Waals surface area (Å²) in [6.45, 7) is -1.48. The zero-order chi connectivity index (χ0) is 16.5. The number of carbonyl (C=O) groups excluding carboxylic acids is 4. The first-order valence-electron chi connectivity index (χ1n) is 6.19. The Labute approximate surface area is 129 Å². The van der Waals surface area contributed by atoms with Crippen LogP contribution in [0.3, 0.4) is 0 Å². The van der Waals surface area contributed by atoms with Gasteiger partial charge in [0.2, 0.25) is 5.24 Å². The highest BCUT2D eigenvalue weighted by atomic mass is 35.5. The van der Waals surface area contributed by atoms with E-state index in [2.05, 4.69) is 4.74 Å². The zero-order valence-corrected chi connectivity index (χ0v) is 12.2. The van der Waals surface area contributed by atoms with Crippen molar-refractivity contribution in [3.8, 4) is 0 Å². The monoisotopic (exact) mass is 327 g/mol. The Kier molecular flexibility index (Phi) is 4.27. The maximum Gasteiger partial charge on any atom is 0.335 e.